The summed E-state index contributed by atoms with van der Waals surface area (Å²) >= 11 is 0. The molecule has 1 atom stereocenters. The van der Waals surface area contributed by atoms with Gasteiger partial charge in [0.1, 0.15) is 18.8 Å². The molecule has 0 bridgehead atoms. The van der Waals surface area contributed by atoms with Gasteiger partial charge in [0, 0.05) is 5.56 Å². The number of hydrogen-bond donors (Lipinski definition) is 1. The van der Waals surface area contributed by atoms with Crippen LogP contribution >= 0.6 is 0 Å². The SMILES string of the molecule is Cc1ccc([C@]2(C)NC(=O)N(CC(=O)c3ccc4c(c3)OCCO4)C2=O)cc1. The summed E-state index contributed by atoms with van der Waals surface area (Å²) in [5, 5.41) is 2.71. The van der Waals surface area contributed by atoms with Crippen LogP contribution in [-0.2, 0) is 10.3 Å². The average molecular weight is 380 g/mol. The Hall–Kier alpha value is -3.35. The highest BCUT2D eigenvalue weighted by Crippen LogP contribution is 2.32. The molecular formula is C21H20N2O5. The van der Waals surface area contributed by atoms with Crippen molar-refractivity contribution in [3.05, 3.63) is 59.2 Å². The maximum atomic E-state index is 13.0. The van der Waals surface area contributed by atoms with Crippen molar-refractivity contribution >= 4 is 17.7 Å². The lowest BCUT2D eigenvalue weighted by molar-refractivity contribution is -0.130. The van der Waals surface area contributed by atoms with Crippen LogP contribution in [0.2, 0.25) is 0 Å². The number of aryl methyl sites for hydroxylation is 1. The fourth-order valence-electron chi connectivity index (χ4n) is 3.37. The van der Waals surface area contributed by atoms with Crippen LogP contribution < -0.4 is 14.8 Å². The van der Waals surface area contributed by atoms with Gasteiger partial charge < -0.3 is 14.8 Å². The van der Waals surface area contributed by atoms with E-state index < -0.39 is 17.5 Å². The van der Waals surface area contributed by atoms with E-state index in [1.165, 1.54) is 0 Å². The lowest BCUT2D eigenvalue weighted by Gasteiger charge is -2.22. The molecule has 2 aliphatic rings. The fraction of sp³-hybridized carbons (Fsp3) is 0.286. The first kappa shape index (κ1) is 18.0. The quantitative estimate of drug-likeness (QED) is 0.650. The minimum Gasteiger partial charge on any atom is -0.486 e. The summed E-state index contributed by atoms with van der Waals surface area (Å²) in [4.78, 5) is 39.1. The Morgan fingerprint density at radius 1 is 1.07 bits per heavy atom. The van der Waals surface area contributed by atoms with Crippen molar-refractivity contribution in [2.75, 3.05) is 19.8 Å². The van der Waals surface area contributed by atoms with E-state index in [4.69, 9.17) is 9.47 Å². The number of Topliss-reactive ketones (excluding diaryl/α,β-unsaturated/α-hetero) is 1. The lowest BCUT2D eigenvalue weighted by Crippen LogP contribution is -2.41. The highest BCUT2D eigenvalue weighted by Gasteiger charge is 2.49. The summed E-state index contributed by atoms with van der Waals surface area (Å²) in [6.45, 7) is 4.12. The largest absolute Gasteiger partial charge is 0.486 e. The van der Waals surface area contributed by atoms with E-state index in [1.54, 1.807) is 37.3 Å². The number of fused-ring (bicyclic) bond motifs is 1. The molecule has 0 unspecified atom stereocenters. The average Bonchev–Trinajstić information content (AvgIpc) is 2.92. The van der Waals surface area contributed by atoms with Gasteiger partial charge in [0.15, 0.2) is 17.3 Å². The Balaban J connectivity index is 1.55. The minimum absolute atomic E-state index is 0.342. The second-order valence-corrected chi connectivity index (χ2v) is 7.09. The van der Waals surface area contributed by atoms with Gasteiger partial charge in [-0.3, -0.25) is 14.5 Å². The molecule has 2 heterocycles. The zero-order valence-corrected chi connectivity index (χ0v) is 15.7. The minimum atomic E-state index is -1.20. The van der Waals surface area contributed by atoms with Gasteiger partial charge in [-0.1, -0.05) is 29.8 Å². The molecule has 4 rings (SSSR count). The van der Waals surface area contributed by atoms with Crippen LogP contribution in [0.4, 0.5) is 4.79 Å². The third-order valence-corrected chi connectivity index (χ3v) is 5.07. The van der Waals surface area contributed by atoms with Crippen molar-refractivity contribution in [2.45, 2.75) is 19.4 Å². The first-order chi connectivity index (χ1) is 13.4. The number of hydrogen-bond acceptors (Lipinski definition) is 5. The van der Waals surface area contributed by atoms with Crippen molar-refractivity contribution in [1.82, 2.24) is 10.2 Å². The molecule has 144 valence electrons. The number of rotatable bonds is 4. The molecule has 0 saturated carbocycles. The van der Waals surface area contributed by atoms with Gasteiger partial charge >= 0.3 is 6.03 Å². The molecular weight excluding hydrogens is 360 g/mol. The Kier molecular flexibility index (Phi) is 4.30. The highest BCUT2D eigenvalue weighted by atomic mass is 16.6. The van der Waals surface area contributed by atoms with Crippen molar-refractivity contribution in [3.63, 3.8) is 0 Å². The second kappa shape index (κ2) is 6.67. The van der Waals surface area contributed by atoms with Crippen molar-refractivity contribution < 1.29 is 23.9 Å². The summed E-state index contributed by atoms with van der Waals surface area (Å²) in [5.74, 6) is 0.254. The van der Waals surface area contributed by atoms with Crippen LogP contribution in [0.1, 0.15) is 28.4 Å². The van der Waals surface area contributed by atoms with Gasteiger partial charge in [0.05, 0.1) is 6.54 Å². The predicted molar refractivity (Wildman–Crippen MR) is 101 cm³/mol. The topological polar surface area (TPSA) is 84.9 Å². The molecule has 0 aliphatic carbocycles. The number of benzene rings is 2. The zero-order chi connectivity index (χ0) is 19.9. The van der Waals surface area contributed by atoms with Gasteiger partial charge in [0.25, 0.3) is 5.91 Å². The molecule has 2 aliphatic heterocycles. The van der Waals surface area contributed by atoms with E-state index in [0.717, 1.165) is 10.5 Å². The highest BCUT2D eigenvalue weighted by molar-refractivity contribution is 6.11. The normalized spacial score (nSPS) is 20.9. The van der Waals surface area contributed by atoms with Crippen LogP contribution in [0.5, 0.6) is 11.5 Å². The zero-order valence-electron chi connectivity index (χ0n) is 15.7. The van der Waals surface area contributed by atoms with Crippen molar-refractivity contribution in [1.29, 1.82) is 0 Å². The van der Waals surface area contributed by atoms with Crippen LogP contribution in [0.25, 0.3) is 0 Å². The van der Waals surface area contributed by atoms with Gasteiger partial charge in [-0.15, -0.1) is 0 Å². The van der Waals surface area contributed by atoms with Gasteiger partial charge in [-0.2, -0.15) is 0 Å². The van der Waals surface area contributed by atoms with E-state index >= 15 is 0 Å². The lowest BCUT2D eigenvalue weighted by atomic mass is 9.91. The molecule has 0 radical (unpaired) electrons. The standard InChI is InChI=1S/C21H20N2O5/c1-13-3-6-15(7-4-13)21(2)19(25)23(20(26)22-21)12-16(24)14-5-8-17-18(11-14)28-10-9-27-17/h3-8,11H,9-10,12H2,1-2H3,(H,22,26)/t21-/m0/s1. The van der Waals surface area contributed by atoms with E-state index in [-0.39, 0.29) is 12.3 Å². The third-order valence-electron chi connectivity index (χ3n) is 5.07. The number of carbonyl (C=O) groups is 3. The van der Waals surface area contributed by atoms with Crippen molar-refractivity contribution in [2.24, 2.45) is 0 Å². The Morgan fingerprint density at radius 2 is 1.75 bits per heavy atom. The molecule has 2 aromatic carbocycles. The molecule has 0 spiro atoms. The monoisotopic (exact) mass is 380 g/mol. The van der Waals surface area contributed by atoms with E-state index in [0.29, 0.717) is 35.8 Å². The Bertz CT molecular complexity index is 969. The van der Waals surface area contributed by atoms with Gasteiger partial charge in [0.2, 0.25) is 0 Å². The third kappa shape index (κ3) is 2.98. The molecule has 7 nitrogen and oxygen atoms in total. The number of ether oxygens (including phenoxy) is 2. The number of ketones is 1. The summed E-state index contributed by atoms with van der Waals surface area (Å²) in [6.07, 6.45) is 0. The van der Waals surface area contributed by atoms with Crippen LogP contribution in [-0.4, -0.2) is 42.4 Å². The summed E-state index contributed by atoms with van der Waals surface area (Å²) in [7, 11) is 0. The first-order valence-electron chi connectivity index (χ1n) is 9.02. The Morgan fingerprint density at radius 3 is 2.46 bits per heavy atom. The first-order valence-corrected chi connectivity index (χ1v) is 9.02. The molecule has 3 amide bonds. The summed E-state index contributed by atoms with van der Waals surface area (Å²) in [5.41, 5.74) is 0.881. The van der Waals surface area contributed by atoms with E-state index in [9.17, 15) is 14.4 Å². The Labute approximate surface area is 162 Å². The van der Waals surface area contributed by atoms with E-state index in [2.05, 4.69) is 5.32 Å². The van der Waals surface area contributed by atoms with Crippen LogP contribution in [0, 0.1) is 6.92 Å². The molecule has 7 heteroatoms. The second-order valence-electron chi connectivity index (χ2n) is 7.09. The molecule has 1 N–H and O–H groups in total. The summed E-state index contributed by atoms with van der Waals surface area (Å²) in [6, 6.07) is 11.6. The number of imide groups is 1. The number of nitrogens with one attached hydrogen (secondary N) is 1. The number of urea groups is 1. The number of carbonyl (C=O) groups excluding carboxylic acids is 3. The van der Waals surface area contributed by atoms with Gasteiger partial charge in [-0.05, 0) is 37.6 Å². The number of nitrogens with zero attached hydrogens (tertiary/aromatic N) is 1. The fourth-order valence-corrected chi connectivity index (χ4v) is 3.37. The smallest absolute Gasteiger partial charge is 0.325 e. The molecule has 1 saturated heterocycles. The van der Waals surface area contributed by atoms with Crippen LogP contribution in [0.3, 0.4) is 0 Å². The molecule has 2 aromatic rings. The maximum Gasteiger partial charge on any atom is 0.325 e. The van der Waals surface area contributed by atoms with Crippen LogP contribution in [0.15, 0.2) is 42.5 Å². The van der Waals surface area contributed by atoms with Gasteiger partial charge in [-0.25, -0.2) is 4.79 Å². The number of amides is 3. The molecule has 0 aromatic heterocycles. The molecule has 28 heavy (non-hydrogen) atoms. The molecule has 1 fully saturated rings. The van der Waals surface area contributed by atoms with E-state index in [1.807, 2.05) is 19.1 Å². The van der Waals surface area contributed by atoms with Crippen molar-refractivity contribution in [3.8, 4) is 11.5 Å². The predicted octanol–water partition coefficient (Wildman–Crippen LogP) is 2.42. The maximum absolute atomic E-state index is 13.0. The summed E-state index contributed by atoms with van der Waals surface area (Å²) < 4.78 is 10.9.